The molecule has 0 amide bonds. The lowest BCUT2D eigenvalue weighted by molar-refractivity contribution is 0.180. The summed E-state index contributed by atoms with van der Waals surface area (Å²) >= 11 is 0. The van der Waals surface area contributed by atoms with E-state index in [2.05, 4.69) is 10.4 Å². The summed E-state index contributed by atoms with van der Waals surface area (Å²) in [6.45, 7) is 0. The van der Waals surface area contributed by atoms with E-state index < -0.39 is 33.3 Å². The van der Waals surface area contributed by atoms with Gasteiger partial charge in [0.05, 0.1) is 23.3 Å². The van der Waals surface area contributed by atoms with Gasteiger partial charge in [0.2, 0.25) is 15.0 Å². The molecule has 1 N–H and O–H groups in total. The van der Waals surface area contributed by atoms with Crippen LogP contribution in [0.2, 0.25) is 0 Å². The number of fused-ring (bicyclic) bond motifs is 1. The molecule has 6 nitrogen and oxygen atoms in total. The second kappa shape index (κ2) is 4.93. The van der Waals surface area contributed by atoms with E-state index in [1.165, 1.54) is 5.01 Å². The molecular formula is C15H15FN4O2S. The Morgan fingerprint density at radius 1 is 1.30 bits per heavy atom. The largest absolute Gasteiger partial charge is 0.335 e. The topological polar surface area (TPSA) is 85.6 Å². The Morgan fingerprint density at radius 3 is 2.70 bits per heavy atom. The Morgan fingerprint density at radius 2 is 2.04 bits per heavy atom. The molecular weight excluding hydrogens is 319 g/mol. The van der Waals surface area contributed by atoms with Crippen molar-refractivity contribution in [1.29, 1.82) is 5.26 Å². The summed E-state index contributed by atoms with van der Waals surface area (Å²) in [6.07, 6.45) is -1.37. The standard InChI is InChI=1S/C15H15FN4O2S/c16-11-7-12(9-4-2-1-3-5-9)20-14(11)18-15(19-20)23(21,22)13-6-10(13)8-17/h1-5,10-14H,6-7H2,(H,18,19)/t10-,11-,12-,13-,14?/m0/s1. The van der Waals surface area contributed by atoms with E-state index in [0.29, 0.717) is 6.42 Å². The molecule has 0 radical (unpaired) electrons. The quantitative estimate of drug-likeness (QED) is 0.881. The Bertz CT molecular complexity index is 805. The van der Waals surface area contributed by atoms with Crippen LogP contribution in [0.4, 0.5) is 4.39 Å². The first-order valence-corrected chi connectivity index (χ1v) is 9.03. The molecule has 8 heteroatoms. The van der Waals surface area contributed by atoms with Crippen LogP contribution in [-0.4, -0.2) is 36.2 Å². The molecule has 1 aromatic carbocycles. The molecule has 4 rings (SSSR count). The van der Waals surface area contributed by atoms with Crippen molar-refractivity contribution in [2.45, 2.75) is 36.5 Å². The molecule has 1 saturated heterocycles. The van der Waals surface area contributed by atoms with E-state index in [-0.39, 0.29) is 17.6 Å². The SMILES string of the molecule is N#C[C@@H]1C[C@@H]1S(=O)(=O)C1=NN2C(N1)[C@@H](F)C[C@H]2c1ccccc1. The first-order chi connectivity index (χ1) is 11.0. The second-order valence-corrected chi connectivity index (χ2v) is 8.19. The average Bonchev–Trinajstić information content (AvgIpc) is 3.13. The maximum absolute atomic E-state index is 14.3. The number of sulfone groups is 1. The lowest BCUT2D eigenvalue weighted by Crippen LogP contribution is -2.42. The van der Waals surface area contributed by atoms with E-state index in [9.17, 15) is 12.8 Å². The van der Waals surface area contributed by atoms with Crippen molar-refractivity contribution in [3.8, 4) is 6.07 Å². The molecule has 1 unspecified atom stereocenters. The van der Waals surface area contributed by atoms with E-state index in [4.69, 9.17) is 5.26 Å². The van der Waals surface area contributed by atoms with Crippen LogP contribution in [0.25, 0.3) is 0 Å². The zero-order valence-electron chi connectivity index (χ0n) is 12.1. The highest BCUT2D eigenvalue weighted by Crippen LogP contribution is 2.42. The first kappa shape index (κ1) is 14.5. The van der Waals surface area contributed by atoms with Crippen molar-refractivity contribution >= 4 is 15.0 Å². The van der Waals surface area contributed by atoms with Gasteiger partial charge < -0.3 is 5.32 Å². The van der Waals surface area contributed by atoms with Crippen molar-refractivity contribution in [1.82, 2.24) is 10.3 Å². The number of nitrogens with one attached hydrogen (secondary N) is 1. The Hall–Kier alpha value is -2.14. The molecule has 2 aliphatic heterocycles. The van der Waals surface area contributed by atoms with Crippen LogP contribution in [0, 0.1) is 17.2 Å². The fraction of sp³-hybridized carbons (Fsp3) is 0.467. The van der Waals surface area contributed by atoms with Gasteiger partial charge in [0.15, 0.2) is 0 Å². The number of alkyl halides is 1. The van der Waals surface area contributed by atoms with Crippen molar-refractivity contribution in [2.24, 2.45) is 11.0 Å². The maximum atomic E-state index is 14.3. The number of halogens is 1. The summed E-state index contributed by atoms with van der Waals surface area (Å²) < 4.78 is 39.2. The monoisotopic (exact) mass is 334 g/mol. The first-order valence-electron chi connectivity index (χ1n) is 7.48. The average molecular weight is 334 g/mol. The lowest BCUT2D eigenvalue weighted by Gasteiger charge is -2.21. The van der Waals surface area contributed by atoms with Gasteiger partial charge in [-0.3, -0.25) is 5.01 Å². The van der Waals surface area contributed by atoms with Gasteiger partial charge in [0.25, 0.3) is 0 Å². The maximum Gasteiger partial charge on any atom is 0.241 e. The molecule has 0 aromatic heterocycles. The zero-order valence-corrected chi connectivity index (χ0v) is 12.9. The molecule has 1 aromatic rings. The fourth-order valence-corrected chi connectivity index (χ4v) is 4.99. The van der Waals surface area contributed by atoms with Gasteiger partial charge in [-0.05, 0) is 12.0 Å². The predicted molar refractivity (Wildman–Crippen MR) is 81.3 cm³/mol. The third kappa shape index (κ3) is 2.18. The van der Waals surface area contributed by atoms with E-state index in [0.717, 1.165) is 5.56 Å². The van der Waals surface area contributed by atoms with Crippen LogP contribution in [0.5, 0.6) is 0 Å². The van der Waals surface area contributed by atoms with E-state index >= 15 is 0 Å². The van der Waals surface area contributed by atoms with E-state index in [1.807, 2.05) is 36.4 Å². The number of amidine groups is 1. The second-order valence-electron chi connectivity index (χ2n) is 6.11. The third-order valence-electron chi connectivity index (χ3n) is 4.62. The number of rotatable bonds is 2. The molecule has 2 heterocycles. The number of benzene rings is 1. The lowest BCUT2D eigenvalue weighted by atomic mass is 10.1. The summed E-state index contributed by atoms with van der Waals surface area (Å²) in [4.78, 5) is 0. The number of nitriles is 1. The van der Waals surface area contributed by atoms with Crippen molar-refractivity contribution in [3.05, 3.63) is 35.9 Å². The molecule has 0 spiro atoms. The minimum absolute atomic E-state index is 0.200. The van der Waals surface area contributed by atoms with Gasteiger partial charge in [-0.2, -0.15) is 5.26 Å². The molecule has 120 valence electrons. The molecule has 0 bridgehead atoms. The third-order valence-corrected chi connectivity index (χ3v) is 6.68. The Kier molecular flexibility index (Phi) is 3.10. The van der Waals surface area contributed by atoms with Crippen LogP contribution in [0.15, 0.2) is 35.4 Å². The van der Waals surface area contributed by atoms with Crippen molar-refractivity contribution in [3.63, 3.8) is 0 Å². The van der Waals surface area contributed by atoms with Crippen LogP contribution in [0.1, 0.15) is 24.4 Å². The van der Waals surface area contributed by atoms with E-state index in [1.54, 1.807) is 0 Å². The Balaban J connectivity index is 1.64. The van der Waals surface area contributed by atoms with Gasteiger partial charge in [0, 0.05) is 6.42 Å². The summed E-state index contributed by atoms with van der Waals surface area (Å²) in [6, 6.07) is 11.0. The molecule has 1 saturated carbocycles. The highest BCUT2D eigenvalue weighted by atomic mass is 32.2. The van der Waals surface area contributed by atoms with Crippen LogP contribution >= 0.6 is 0 Å². The summed E-state index contributed by atoms with van der Waals surface area (Å²) in [5, 5.41) is 16.3. The fourth-order valence-electron chi connectivity index (χ4n) is 3.26. The van der Waals surface area contributed by atoms with Gasteiger partial charge in [-0.15, -0.1) is 5.10 Å². The predicted octanol–water partition coefficient (Wildman–Crippen LogP) is 1.30. The minimum Gasteiger partial charge on any atom is -0.335 e. The zero-order chi connectivity index (χ0) is 16.2. The normalized spacial score (nSPS) is 35.2. The number of hydrazone groups is 1. The minimum atomic E-state index is -3.69. The number of hydrogen-bond acceptors (Lipinski definition) is 6. The molecule has 23 heavy (non-hydrogen) atoms. The summed E-state index contributed by atoms with van der Waals surface area (Å²) in [5.74, 6) is -0.481. The molecule has 3 aliphatic rings. The van der Waals surface area contributed by atoms with Crippen LogP contribution in [0.3, 0.4) is 0 Å². The van der Waals surface area contributed by atoms with Crippen molar-refractivity contribution < 1.29 is 12.8 Å². The molecule has 1 aliphatic carbocycles. The molecule has 2 fully saturated rings. The number of nitrogens with zero attached hydrogens (tertiary/aromatic N) is 3. The smallest absolute Gasteiger partial charge is 0.241 e. The van der Waals surface area contributed by atoms with Gasteiger partial charge in [-0.1, -0.05) is 30.3 Å². The highest BCUT2D eigenvalue weighted by Gasteiger charge is 2.54. The van der Waals surface area contributed by atoms with Crippen LogP contribution < -0.4 is 5.32 Å². The van der Waals surface area contributed by atoms with Gasteiger partial charge in [0.1, 0.15) is 12.3 Å². The molecule has 5 atom stereocenters. The van der Waals surface area contributed by atoms with Crippen molar-refractivity contribution in [2.75, 3.05) is 0 Å². The van der Waals surface area contributed by atoms with Gasteiger partial charge in [-0.25, -0.2) is 12.8 Å². The summed E-state index contributed by atoms with van der Waals surface area (Å²) in [7, 11) is -3.69. The summed E-state index contributed by atoms with van der Waals surface area (Å²) in [5.41, 5.74) is 0.906. The Labute approximate surface area is 133 Å². The van der Waals surface area contributed by atoms with Crippen LogP contribution in [-0.2, 0) is 9.84 Å². The number of hydrogen-bond donors (Lipinski definition) is 1. The van der Waals surface area contributed by atoms with Gasteiger partial charge >= 0.3 is 0 Å². The highest BCUT2D eigenvalue weighted by molar-refractivity contribution is 8.07.